The first-order chi connectivity index (χ1) is 7.25. The second-order valence-corrected chi connectivity index (χ2v) is 4.77. The van der Waals surface area contributed by atoms with Crippen LogP contribution >= 0.6 is 11.3 Å². The van der Waals surface area contributed by atoms with Gasteiger partial charge in [0.05, 0.1) is 6.54 Å². The Balaban J connectivity index is 1.85. The molecule has 1 aromatic heterocycles. The molecule has 0 saturated carbocycles. The molecule has 0 spiro atoms. The van der Waals surface area contributed by atoms with E-state index < -0.39 is 0 Å². The summed E-state index contributed by atoms with van der Waals surface area (Å²) in [7, 11) is 0. The summed E-state index contributed by atoms with van der Waals surface area (Å²) in [4.78, 5) is 17.9. The van der Waals surface area contributed by atoms with Crippen molar-refractivity contribution in [2.24, 2.45) is 5.73 Å². The number of carbonyl (C=O) groups is 1. The Labute approximate surface area is 93.1 Å². The molecular weight excluding hydrogens is 210 g/mol. The maximum Gasteiger partial charge on any atom is 0.205 e. The van der Waals surface area contributed by atoms with Gasteiger partial charge in [-0.05, 0) is 12.8 Å². The normalized spacial score (nSPS) is 19.3. The number of rotatable bonds is 3. The van der Waals surface area contributed by atoms with E-state index in [2.05, 4.69) is 9.88 Å². The molecule has 0 radical (unpaired) electrons. The Morgan fingerprint density at radius 2 is 2.33 bits per heavy atom. The van der Waals surface area contributed by atoms with Gasteiger partial charge in [-0.3, -0.25) is 9.69 Å². The van der Waals surface area contributed by atoms with Crippen molar-refractivity contribution in [3.63, 3.8) is 0 Å². The first kappa shape index (κ1) is 10.7. The molecule has 1 aliphatic heterocycles. The Hall–Kier alpha value is -0.780. The fourth-order valence-corrected chi connectivity index (χ4v) is 2.31. The second-order valence-electron chi connectivity index (χ2n) is 3.87. The van der Waals surface area contributed by atoms with Gasteiger partial charge in [0.1, 0.15) is 0 Å². The van der Waals surface area contributed by atoms with Crippen LogP contribution in [0.25, 0.3) is 0 Å². The monoisotopic (exact) mass is 225 g/mol. The van der Waals surface area contributed by atoms with E-state index in [4.69, 9.17) is 5.73 Å². The summed E-state index contributed by atoms with van der Waals surface area (Å²) in [6.07, 6.45) is 3.65. The molecule has 0 aromatic carbocycles. The number of likely N-dealkylation sites (tertiary alicyclic amines) is 1. The summed E-state index contributed by atoms with van der Waals surface area (Å²) in [5.41, 5.74) is 5.80. The van der Waals surface area contributed by atoms with Crippen molar-refractivity contribution in [1.29, 1.82) is 0 Å². The van der Waals surface area contributed by atoms with E-state index in [1.54, 1.807) is 6.20 Å². The van der Waals surface area contributed by atoms with Gasteiger partial charge in [0.25, 0.3) is 0 Å². The predicted octanol–water partition coefficient (Wildman–Crippen LogP) is 0.749. The summed E-state index contributed by atoms with van der Waals surface area (Å²) in [6, 6.07) is 0.316. The van der Waals surface area contributed by atoms with Crippen molar-refractivity contribution >= 4 is 17.1 Å². The molecule has 0 aliphatic carbocycles. The molecule has 0 unspecified atom stereocenters. The van der Waals surface area contributed by atoms with E-state index in [0.29, 0.717) is 17.6 Å². The van der Waals surface area contributed by atoms with Gasteiger partial charge < -0.3 is 5.73 Å². The highest BCUT2D eigenvalue weighted by Crippen LogP contribution is 2.11. The van der Waals surface area contributed by atoms with Gasteiger partial charge in [0.15, 0.2) is 5.01 Å². The highest BCUT2D eigenvalue weighted by atomic mass is 32.1. The van der Waals surface area contributed by atoms with Crippen molar-refractivity contribution < 1.29 is 4.79 Å². The van der Waals surface area contributed by atoms with Crippen LogP contribution in [-0.4, -0.2) is 41.3 Å². The molecule has 1 aromatic rings. The number of ketones is 1. The van der Waals surface area contributed by atoms with Crippen LogP contribution in [0.1, 0.15) is 22.6 Å². The number of nitrogens with zero attached hydrogens (tertiary/aromatic N) is 2. The van der Waals surface area contributed by atoms with E-state index in [1.165, 1.54) is 11.3 Å². The van der Waals surface area contributed by atoms with E-state index in [1.807, 2.05) is 5.38 Å². The molecule has 82 valence electrons. The van der Waals surface area contributed by atoms with Crippen LogP contribution < -0.4 is 5.73 Å². The summed E-state index contributed by atoms with van der Waals surface area (Å²) in [6.45, 7) is 2.34. The molecular formula is C10H15N3OS. The first-order valence-electron chi connectivity index (χ1n) is 5.16. The summed E-state index contributed by atoms with van der Waals surface area (Å²) >= 11 is 1.41. The average molecular weight is 225 g/mol. The number of hydrogen-bond acceptors (Lipinski definition) is 5. The second kappa shape index (κ2) is 4.83. The lowest BCUT2D eigenvalue weighted by molar-refractivity contribution is 0.0909. The third-order valence-electron chi connectivity index (χ3n) is 2.67. The summed E-state index contributed by atoms with van der Waals surface area (Å²) in [5.74, 6) is 0.125. The van der Waals surface area contributed by atoms with Gasteiger partial charge in [-0.25, -0.2) is 4.98 Å². The molecule has 4 nitrogen and oxygen atoms in total. The molecule has 0 bridgehead atoms. The smallest absolute Gasteiger partial charge is 0.205 e. The maximum absolute atomic E-state index is 11.7. The molecule has 15 heavy (non-hydrogen) atoms. The largest absolute Gasteiger partial charge is 0.328 e. The molecule has 2 rings (SSSR count). The van der Waals surface area contributed by atoms with Crippen LogP contribution in [-0.2, 0) is 0 Å². The van der Waals surface area contributed by atoms with Crippen LogP contribution in [0, 0.1) is 0 Å². The fourth-order valence-electron chi connectivity index (χ4n) is 1.74. The lowest BCUT2D eigenvalue weighted by atomic mass is 10.1. The third-order valence-corrected chi connectivity index (χ3v) is 3.48. The minimum atomic E-state index is 0.125. The van der Waals surface area contributed by atoms with E-state index in [-0.39, 0.29) is 5.78 Å². The predicted molar refractivity (Wildman–Crippen MR) is 60.1 cm³/mol. The highest BCUT2D eigenvalue weighted by molar-refractivity contribution is 7.11. The molecule has 0 atom stereocenters. The van der Waals surface area contributed by atoms with E-state index >= 15 is 0 Å². The minimum Gasteiger partial charge on any atom is -0.328 e. The molecule has 1 aliphatic rings. The lowest BCUT2D eigenvalue weighted by Crippen LogP contribution is -2.41. The minimum absolute atomic E-state index is 0.125. The number of Topliss-reactive ketones (excluding diaryl/α,β-unsaturated/α-hetero) is 1. The lowest BCUT2D eigenvalue weighted by Gasteiger charge is -2.29. The average Bonchev–Trinajstić information content (AvgIpc) is 2.74. The number of carbonyl (C=O) groups excluding carboxylic acids is 1. The zero-order valence-corrected chi connectivity index (χ0v) is 9.37. The van der Waals surface area contributed by atoms with Crippen molar-refractivity contribution in [2.75, 3.05) is 19.6 Å². The molecule has 2 heterocycles. The Bertz CT molecular complexity index is 317. The summed E-state index contributed by atoms with van der Waals surface area (Å²) < 4.78 is 0. The Morgan fingerprint density at radius 3 is 2.93 bits per heavy atom. The Morgan fingerprint density at radius 1 is 1.60 bits per heavy atom. The van der Waals surface area contributed by atoms with Crippen LogP contribution in [0.4, 0.5) is 0 Å². The van der Waals surface area contributed by atoms with Gasteiger partial charge in [-0.2, -0.15) is 0 Å². The van der Waals surface area contributed by atoms with Gasteiger partial charge in [-0.15, -0.1) is 11.3 Å². The quantitative estimate of drug-likeness (QED) is 0.771. The van der Waals surface area contributed by atoms with Gasteiger partial charge in [-0.1, -0.05) is 0 Å². The summed E-state index contributed by atoms with van der Waals surface area (Å²) in [5, 5.41) is 2.45. The van der Waals surface area contributed by atoms with E-state index in [0.717, 1.165) is 25.9 Å². The van der Waals surface area contributed by atoms with Crippen molar-refractivity contribution in [3.8, 4) is 0 Å². The van der Waals surface area contributed by atoms with E-state index in [9.17, 15) is 4.79 Å². The van der Waals surface area contributed by atoms with Gasteiger partial charge >= 0.3 is 0 Å². The number of nitrogens with two attached hydrogens (primary N) is 1. The van der Waals surface area contributed by atoms with Gasteiger partial charge in [0.2, 0.25) is 5.78 Å². The Kier molecular flexibility index (Phi) is 3.45. The van der Waals surface area contributed by atoms with Crippen LogP contribution in [0.15, 0.2) is 11.6 Å². The molecule has 0 amide bonds. The van der Waals surface area contributed by atoms with Crippen LogP contribution in [0.3, 0.4) is 0 Å². The zero-order chi connectivity index (χ0) is 10.7. The number of hydrogen-bond donors (Lipinski definition) is 1. The SMILES string of the molecule is NC1CCN(CC(=O)c2nccs2)CC1. The molecule has 1 fully saturated rings. The number of aromatic nitrogens is 1. The first-order valence-corrected chi connectivity index (χ1v) is 6.04. The standard InChI is InChI=1S/C10H15N3OS/c11-8-1-4-13(5-2-8)7-9(14)10-12-3-6-15-10/h3,6,8H,1-2,4-5,7,11H2. The van der Waals surface area contributed by atoms with Crippen molar-refractivity contribution in [3.05, 3.63) is 16.6 Å². The van der Waals surface area contributed by atoms with Gasteiger partial charge in [0, 0.05) is 30.7 Å². The number of piperidine rings is 1. The molecule has 5 heteroatoms. The van der Waals surface area contributed by atoms with Crippen molar-refractivity contribution in [1.82, 2.24) is 9.88 Å². The third kappa shape index (κ3) is 2.84. The fraction of sp³-hybridized carbons (Fsp3) is 0.600. The topological polar surface area (TPSA) is 59.2 Å². The van der Waals surface area contributed by atoms with Crippen LogP contribution in [0.2, 0.25) is 0 Å². The molecule has 1 saturated heterocycles. The highest BCUT2D eigenvalue weighted by Gasteiger charge is 2.19. The van der Waals surface area contributed by atoms with Crippen LogP contribution in [0.5, 0.6) is 0 Å². The maximum atomic E-state index is 11.7. The zero-order valence-electron chi connectivity index (χ0n) is 8.56. The molecule has 2 N–H and O–H groups in total. The number of thiazole rings is 1. The van der Waals surface area contributed by atoms with Crippen molar-refractivity contribution in [2.45, 2.75) is 18.9 Å².